The van der Waals surface area contributed by atoms with Crippen molar-refractivity contribution in [2.45, 2.75) is 31.3 Å². The van der Waals surface area contributed by atoms with Crippen LogP contribution in [0.2, 0.25) is 0 Å². The van der Waals surface area contributed by atoms with E-state index in [2.05, 4.69) is 10.3 Å². The molecule has 2 unspecified atom stereocenters. The molecule has 0 saturated carbocycles. The summed E-state index contributed by atoms with van der Waals surface area (Å²) in [6, 6.07) is 1.60. The summed E-state index contributed by atoms with van der Waals surface area (Å²) in [6.07, 6.45) is 4.67. The Bertz CT molecular complexity index is 358. The maximum absolute atomic E-state index is 13.0. The average molecular weight is 210 g/mol. The van der Waals surface area contributed by atoms with Crippen LogP contribution in [-0.4, -0.2) is 22.2 Å². The smallest absolute Gasteiger partial charge is 0.141 e. The maximum Gasteiger partial charge on any atom is 0.141 e. The van der Waals surface area contributed by atoms with Crippen molar-refractivity contribution in [3.05, 3.63) is 29.8 Å². The Balaban J connectivity index is 2.14. The minimum absolute atomic E-state index is 0.102. The predicted molar refractivity (Wildman–Crippen MR) is 54.8 cm³/mol. The summed E-state index contributed by atoms with van der Waals surface area (Å²) in [7, 11) is 0. The molecular formula is C11H15FN2O. The highest BCUT2D eigenvalue weighted by Crippen LogP contribution is 2.32. The zero-order valence-electron chi connectivity index (χ0n) is 8.70. The van der Waals surface area contributed by atoms with Crippen molar-refractivity contribution in [2.24, 2.45) is 0 Å². The molecule has 3 nitrogen and oxygen atoms in total. The Kier molecular flexibility index (Phi) is 2.71. The van der Waals surface area contributed by atoms with E-state index in [0.717, 1.165) is 18.4 Å². The van der Waals surface area contributed by atoms with E-state index in [1.54, 1.807) is 6.20 Å². The lowest BCUT2D eigenvalue weighted by Crippen LogP contribution is -2.40. The standard InChI is InChI=1S/C11H15FN2O/c1-11(7-15)3-2-10(14-11)8-4-9(12)6-13-5-8/h4-6,10,14-15H,2-3,7H2,1H3. The molecule has 2 N–H and O–H groups in total. The number of halogens is 1. The lowest BCUT2D eigenvalue weighted by molar-refractivity contribution is 0.187. The zero-order valence-corrected chi connectivity index (χ0v) is 8.70. The van der Waals surface area contributed by atoms with Gasteiger partial charge in [-0.05, 0) is 31.4 Å². The highest BCUT2D eigenvalue weighted by atomic mass is 19.1. The number of aromatic nitrogens is 1. The van der Waals surface area contributed by atoms with Crippen molar-refractivity contribution in [1.29, 1.82) is 0 Å². The van der Waals surface area contributed by atoms with Gasteiger partial charge in [-0.15, -0.1) is 0 Å². The van der Waals surface area contributed by atoms with E-state index >= 15 is 0 Å². The second kappa shape index (κ2) is 3.87. The molecule has 0 amide bonds. The molecule has 0 bridgehead atoms. The first-order valence-electron chi connectivity index (χ1n) is 5.12. The van der Waals surface area contributed by atoms with E-state index in [4.69, 9.17) is 0 Å². The SMILES string of the molecule is CC1(CO)CCC(c2cncc(F)c2)N1. The van der Waals surface area contributed by atoms with Crippen LogP contribution in [0.1, 0.15) is 31.4 Å². The van der Waals surface area contributed by atoms with Gasteiger partial charge in [0.25, 0.3) is 0 Å². The summed E-state index contributed by atoms with van der Waals surface area (Å²) in [4.78, 5) is 3.82. The number of aliphatic hydroxyl groups excluding tert-OH is 1. The largest absolute Gasteiger partial charge is 0.394 e. The number of hydrogen-bond acceptors (Lipinski definition) is 3. The van der Waals surface area contributed by atoms with E-state index in [1.165, 1.54) is 12.3 Å². The molecule has 1 fully saturated rings. The van der Waals surface area contributed by atoms with Crippen molar-refractivity contribution in [2.75, 3.05) is 6.61 Å². The fourth-order valence-electron chi connectivity index (χ4n) is 2.02. The highest BCUT2D eigenvalue weighted by Gasteiger charge is 2.34. The molecule has 1 aromatic heterocycles. The van der Waals surface area contributed by atoms with Crippen molar-refractivity contribution in [3.8, 4) is 0 Å². The molecule has 1 aromatic rings. The molecule has 2 atom stereocenters. The molecule has 4 heteroatoms. The Labute approximate surface area is 88.3 Å². The van der Waals surface area contributed by atoms with Gasteiger partial charge in [-0.1, -0.05) is 0 Å². The van der Waals surface area contributed by atoms with Gasteiger partial charge in [0.15, 0.2) is 0 Å². The second-order valence-electron chi connectivity index (χ2n) is 4.39. The molecule has 2 rings (SSSR count). The Morgan fingerprint density at radius 1 is 1.67 bits per heavy atom. The normalized spacial score (nSPS) is 30.7. The van der Waals surface area contributed by atoms with Crippen LogP contribution in [0, 0.1) is 5.82 Å². The molecule has 0 spiro atoms. The van der Waals surface area contributed by atoms with Gasteiger partial charge < -0.3 is 10.4 Å². The predicted octanol–water partition coefficient (Wildman–Crippen LogP) is 1.40. The van der Waals surface area contributed by atoms with Gasteiger partial charge in [0.1, 0.15) is 5.82 Å². The van der Waals surface area contributed by atoms with E-state index in [0.29, 0.717) is 0 Å². The molecule has 1 aliphatic heterocycles. The Hall–Kier alpha value is -1.00. The first-order chi connectivity index (χ1) is 7.13. The van der Waals surface area contributed by atoms with Crippen LogP contribution in [-0.2, 0) is 0 Å². The molecule has 15 heavy (non-hydrogen) atoms. The third-order valence-electron chi connectivity index (χ3n) is 2.98. The minimum Gasteiger partial charge on any atom is -0.394 e. The number of rotatable bonds is 2. The fraction of sp³-hybridized carbons (Fsp3) is 0.545. The maximum atomic E-state index is 13.0. The van der Waals surface area contributed by atoms with Crippen LogP contribution in [0.15, 0.2) is 18.5 Å². The van der Waals surface area contributed by atoms with Crippen molar-refractivity contribution in [3.63, 3.8) is 0 Å². The number of pyridine rings is 1. The summed E-state index contributed by atoms with van der Waals surface area (Å²) in [5, 5.41) is 12.5. The van der Waals surface area contributed by atoms with E-state index in [1.807, 2.05) is 6.92 Å². The highest BCUT2D eigenvalue weighted by molar-refractivity contribution is 5.18. The monoisotopic (exact) mass is 210 g/mol. The molecule has 0 radical (unpaired) electrons. The zero-order chi connectivity index (χ0) is 10.9. The van der Waals surface area contributed by atoms with Gasteiger partial charge in [0.05, 0.1) is 12.8 Å². The molecule has 82 valence electrons. The molecule has 1 aliphatic rings. The van der Waals surface area contributed by atoms with Crippen molar-refractivity contribution < 1.29 is 9.50 Å². The number of nitrogens with one attached hydrogen (secondary N) is 1. The lowest BCUT2D eigenvalue weighted by atomic mass is 10.0. The molecular weight excluding hydrogens is 195 g/mol. The van der Waals surface area contributed by atoms with Crippen LogP contribution >= 0.6 is 0 Å². The Morgan fingerprint density at radius 2 is 2.47 bits per heavy atom. The quantitative estimate of drug-likeness (QED) is 0.775. The van der Waals surface area contributed by atoms with Crippen LogP contribution in [0.25, 0.3) is 0 Å². The average Bonchev–Trinajstić information content (AvgIpc) is 2.62. The molecule has 2 heterocycles. The third-order valence-corrected chi connectivity index (χ3v) is 2.98. The van der Waals surface area contributed by atoms with E-state index < -0.39 is 0 Å². The molecule has 0 aliphatic carbocycles. The fourth-order valence-corrected chi connectivity index (χ4v) is 2.02. The van der Waals surface area contributed by atoms with E-state index in [9.17, 15) is 9.50 Å². The van der Waals surface area contributed by atoms with Gasteiger partial charge in [-0.2, -0.15) is 0 Å². The summed E-state index contributed by atoms with van der Waals surface area (Å²) in [5.41, 5.74) is 0.615. The van der Waals surface area contributed by atoms with Crippen LogP contribution in [0.5, 0.6) is 0 Å². The number of hydrogen-bond donors (Lipinski definition) is 2. The van der Waals surface area contributed by atoms with Crippen LogP contribution in [0.4, 0.5) is 4.39 Å². The van der Waals surface area contributed by atoms with Gasteiger partial charge in [0.2, 0.25) is 0 Å². The lowest BCUT2D eigenvalue weighted by Gasteiger charge is -2.23. The third kappa shape index (κ3) is 2.16. The van der Waals surface area contributed by atoms with Gasteiger partial charge in [-0.3, -0.25) is 4.98 Å². The first kappa shape index (κ1) is 10.5. The van der Waals surface area contributed by atoms with Crippen molar-refractivity contribution >= 4 is 0 Å². The molecule has 1 saturated heterocycles. The number of nitrogens with zero attached hydrogens (tertiary/aromatic N) is 1. The first-order valence-corrected chi connectivity index (χ1v) is 5.12. The van der Waals surface area contributed by atoms with Gasteiger partial charge in [-0.25, -0.2) is 4.39 Å². The van der Waals surface area contributed by atoms with Crippen molar-refractivity contribution in [1.82, 2.24) is 10.3 Å². The summed E-state index contributed by atoms with van der Waals surface area (Å²) in [5.74, 6) is -0.313. The van der Waals surface area contributed by atoms with Crippen LogP contribution in [0.3, 0.4) is 0 Å². The summed E-state index contributed by atoms with van der Waals surface area (Å²) in [6.45, 7) is 2.08. The van der Waals surface area contributed by atoms with Gasteiger partial charge >= 0.3 is 0 Å². The summed E-state index contributed by atoms with van der Waals surface area (Å²) >= 11 is 0. The summed E-state index contributed by atoms with van der Waals surface area (Å²) < 4.78 is 13.0. The second-order valence-corrected chi connectivity index (χ2v) is 4.39. The van der Waals surface area contributed by atoms with Gasteiger partial charge in [0, 0.05) is 17.8 Å². The Morgan fingerprint density at radius 3 is 3.07 bits per heavy atom. The van der Waals surface area contributed by atoms with Crippen LogP contribution < -0.4 is 5.32 Å². The molecule has 0 aromatic carbocycles. The topological polar surface area (TPSA) is 45.2 Å². The number of aliphatic hydroxyl groups is 1. The van der Waals surface area contributed by atoms with E-state index in [-0.39, 0.29) is 24.0 Å². The minimum atomic E-state index is -0.313.